The van der Waals surface area contributed by atoms with Crippen LogP contribution in [0, 0.1) is 0 Å². The van der Waals surface area contributed by atoms with Crippen LogP contribution < -0.4 is 5.32 Å². The Morgan fingerprint density at radius 3 is 2.35 bits per heavy atom. The highest BCUT2D eigenvalue weighted by atomic mass is 16.7. The molecule has 3 N–H and O–H groups in total. The van der Waals surface area contributed by atoms with Gasteiger partial charge in [-0.15, -0.1) is 0 Å². The van der Waals surface area contributed by atoms with Crippen LogP contribution in [0.1, 0.15) is 79.6 Å². The lowest BCUT2D eigenvalue weighted by atomic mass is 9.98. The molecule has 6 rings (SSSR count). The summed E-state index contributed by atoms with van der Waals surface area (Å²) in [6, 6.07) is 32.4. The number of imidazole rings is 1. The van der Waals surface area contributed by atoms with Crippen molar-refractivity contribution in [2.75, 3.05) is 0 Å². The van der Waals surface area contributed by atoms with Gasteiger partial charge in [0.1, 0.15) is 0 Å². The van der Waals surface area contributed by atoms with Gasteiger partial charge in [-0.1, -0.05) is 85.6 Å². The van der Waals surface area contributed by atoms with Gasteiger partial charge in [-0.3, -0.25) is 9.59 Å². The number of carboxylic acids is 1. The van der Waals surface area contributed by atoms with Crippen molar-refractivity contribution in [3.63, 3.8) is 0 Å². The third-order valence-corrected chi connectivity index (χ3v) is 9.00. The molecule has 254 valence electrons. The predicted octanol–water partition coefficient (Wildman–Crippen LogP) is 7.48. The highest BCUT2D eigenvalue weighted by molar-refractivity contribution is 5.76. The molecule has 0 unspecified atom stereocenters. The number of carboxylic acid groups (broad SMARTS) is 1. The van der Waals surface area contributed by atoms with Gasteiger partial charge in [-0.2, -0.15) is 0 Å². The van der Waals surface area contributed by atoms with Gasteiger partial charge in [0.05, 0.1) is 42.7 Å². The SMILES string of the molecule is O=C(O)CCCCCCC(=O)NCc1cccc(-c2cccc([C@@H]3O[C@H](Cn4cnc5ccccc54)C[C@H](c4ccc(CO)cc4)O3)c2)c1. The zero-order valence-corrected chi connectivity index (χ0v) is 27.5. The van der Waals surface area contributed by atoms with E-state index in [1.165, 1.54) is 0 Å². The summed E-state index contributed by atoms with van der Waals surface area (Å²) in [4.78, 5) is 27.7. The van der Waals surface area contributed by atoms with Gasteiger partial charge in [0.25, 0.3) is 0 Å². The number of aliphatic hydroxyl groups is 1. The number of nitrogens with one attached hydrogen (secondary N) is 1. The minimum atomic E-state index is -0.776. The number of para-hydroxylation sites is 2. The second kappa shape index (κ2) is 16.5. The maximum Gasteiger partial charge on any atom is 0.303 e. The highest BCUT2D eigenvalue weighted by Gasteiger charge is 2.33. The Kier molecular flexibility index (Phi) is 11.5. The van der Waals surface area contributed by atoms with E-state index in [9.17, 15) is 14.7 Å². The Morgan fingerprint density at radius 2 is 1.55 bits per heavy atom. The largest absolute Gasteiger partial charge is 0.481 e. The number of hydrogen-bond acceptors (Lipinski definition) is 6. The molecular weight excluding hydrogens is 618 g/mol. The summed E-state index contributed by atoms with van der Waals surface area (Å²) in [5, 5.41) is 21.3. The molecule has 49 heavy (non-hydrogen) atoms. The summed E-state index contributed by atoms with van der Waals surface area (Å²) in [5.41, 5.74) is 7.86. The lowest BCUT2D eigenvalue weighted by molar-refractivity contribution is -0.252. The summed E-state index contributed by atoms with van der Waals surface area (Å²) >= 11 is 0. The summed E-state index contributed by atoms with van der Waals surface area (Å²) in [6.45, 7) is 1.05. The zero-order valence-electron chi connectivity index (χ0n) is 27.5. The molecule has 1 saturated heterocycles. The van der Waals surface area contributed by atoms with E-state index in [-0.39, 0.29) is 31.1 Å². The third-order valence-electron chi connectivity index (χ3n) is 9.00. The van der Waals surface area contributed by atoms with Crippen molar-refractivity contribution in [3.05, 3.63) is 126 Å². The molecule has 4 aromatic carbocycles. The summed E-state index contributed by atoms with van der Waals surface area (Å²) in [5.74, 6) is -0.780. The molecule has 0 saturated carbocycles. The predicted molar refractivity (Wildman–Crippen MR) is 187 cm³/mol. The van der Waals surface area contributed by atoms with Crippen molar-refractivity contribution in [2.45, 2.75) is 83.1 Å². The van der Waals surface area contributed by atoms with Crippen LogP contribution in [0.25, 0.3) is 22.2 Å². The van der Waals surface area contributed by atoms with E-state index in [2.05, 4.69) is 45.2 Å². The van der Waals surface area contributed by atoms with Crippen molar-refractivity contribution in [1.29, 1.82) is 0 Å². The van der Waals surface area contributed by atoms with Gasteiger partial charge in [0.15, 0.2) is 6.29 Å². The Hall–Kier alpha value is -4.83. The number of rotatable bonds is 15. The highest BCUT2D eigenvalue weighted by Crippen LogP contribution is 2.39. The first-order valence-corrected chi connectivity index (χ1v) is 17.0. The maximum absolute atomic E-state index is 12.4. The van der Waals surface area contributed by atoms with Gasteiger partial charge in [0.2, 0.25) is 5.91 Å². The van der Waals surface area contributed by atoms with Crippen LogP contribution in [-0.2, 0) is 38.8 Å². The van der Waals surface area contributed by atoms with Gasteiger partial charge < -0.3 is 29.6 Å². The molecule has 0 spiro atoms. The van der Waals surface area contributed by atoms with E-state index in [1.54, 1.807) is 0 Å². The van der Waals surface area contributed by atoms with Crippen LogP contribution in [0.4, 0.5) is 0 Å². The minimum absolute atomic E-state index is 0.00368. The van der Waals surface area contributed by atoms with Gasteiger partial charge >= 0.3 is 5.97 Å². The molecule has 3 atom stereocenters. The number of hydrogen-bond donors (Lipinski definition) is 3. The third kappa shape index (κ3) is 9.20. The second-order valence-corrected chi connectivity index (χ2v) is 12.6. The monoisotopic (exact) mass is 661 g/mol. The number of aliphatic carboxylic acids is 1. The summed E-state index contributed by atoms with van der Waals surface area (Å²) in [6.07, 6.45) is 5.26. The van der Waals surface area contributed by atoms with Crippen LogP contribution in [0.3, 0.4) is 0 Å². The van der Waals surface area contributed by atoms with E-state index >= 15 is 0 Å². The number of ether oxygens (including phenoxy) is 2. The quantitative estimate of drug-likeness (QED) is 0.0994. The molecule has 1 aliphatic rings. The average molecular weight is 662 g/mol. The smallest absolute Gasteiger partial charge is 0.303 e. The second-order valence-electron chi connectivity index (χ2n) is 12.6. The first-order valence-electron chi connectivity index (χ1n) is 17.0. The first kappa shape index (κ1) is 34.0. The summed E-state index contributed by atoms with van der Waals surface area (Å²) in [7, 11) is 0. The van der Waals surface area contributed by atoms with Crippen LogP contribution in [0.2, 0.25) is 0 Å². The van der Waals surface area contributed by atoms with Crippen molar-refractivity contribution in [2.24, 2.45) is 0 Å². The zero-order chi connectivity index (χ0) is 34.0. The van der Waals surface area contributed by atoms with Crippen molar-refractivity contribution >= 4 is 22.9 Å². The number of benzene rings is 4. The number of amides is 1. The van der Waals surface area contributed by atoms with Crippen LogP contribution in [0.15, 0.2) is 103 Å². The molecule has 2 heterocycles. The molecule has 1 amide bonds. The number of fused-ring (bicyclic) bond motifs is 1. The number of carbonyl (C=O) groups excluding carboxylic acids is 1. The van der Waals surface area contributed by atoms with Gasteiger partial charge in [0, 0.05) is 31.4 Å². The van der Waals surface area contributed by atoms with Crippen LogP contribution in [0.5, 0.6) is 0 Å². The minimum Gasteiger partial charge on any atom is -0.481 e. The van der Waals surface area contributed by atoms with E-state index in [0.717, 1.165) is 63.7 Å². The fourth-order valence-corrected chi connectivity index (χ4v) is 6.34. The van der Waals surface area contributed by atoms with Gasteiger partial charge in [-0.25, -0.2) is 4.98 Å². The molecule has 0 bridgehead atoms. The van der Waals surface area contributed by atoms with Gasteiger partial charge in [-0.05, 0) is 64.9 Å². The van der Waals surface area contributed by atoms with Crippen LogP contribution >= 0.6 is 0 Å². The van der Waals surface area contributed by atoms with Crippen LogP contribution in [-0.4, -0.2) is 37.7 Å². The van der Waals surface area contributed by atoms with Crippen molar-refractivity contribution < 1.29 is 29.3 Å². The van der Waals surface area contributed by atoms with Crippen molar-refractivity contribution in [3.8, 4) is 11.1 Å². The number of nitrogens with zero attached hydrogens (tertiary/aromatic N) is 2. The Labute approximate surface area is 286 Å². The number of aliphatic hydroxyl groups excluding tert-OH is 1. The van der Waals surface area contributed by atoms with Crippen molar-refractivity contribution in [1.82, 2.24) is 14.9 Å². The maximum atomic E-state index is 12.4. The lowest BCUT2D eigenvalue weighted by Gasteiger charge is -2.36. The molecule has 0 aliphatic carbocycles. The first-order chi connectivity index (χ1) is 23.9. The Morgan fingerprint density at radius 1 is 0.796 bits per heavy atom. The van der Waals surface area contributed by atoms with E-state index < -0.39 is 12.3 Å². The van der Waals surface area contributed by atoms with E-state index in [0.29, 0.717) is 32.4 Å². The molecule has 1 aromatic heterocycles. The number of unbranched alkanes of at least 4 members (excludes halogenated alkanes) is 3. The molecular formula is C40H43N3O6. The van der Waals surface area contributed by atoms with E-state index in [1.807, 2.05) is 73.1 Å². The molecule has 5 aromatic rings. The average Bonchev–Trinajstić information content (AvgIpc) is 3.54. The number of aromatic nitrogens is 2. The molecule has 1 aliphatic heterocycles. The normalized spacial score (nSPS) is 17.6. The molecule has 1 fully saturated rings. The lowest BCUT2D eigenvalue weighted by Crippen LogP contribution is -2.32. The Balaban J connectivity index is 1.14. The standard InChI is InChI=1S/C40H43N3O6/c44-26-28-17-19-30(20-18-28)37-23-34(25-43-27-42-35-13-5-6-14-36(35)43)48-40(49-37)33-12-8-11-32(22-33)31-10-7-9-29(21-31)24-41-38(45)15-3-1-2-4-16-39(46)47/h5-14,17-22,27,34,37,40,44H,1-4,15-16,23-26H2,(H,41,45)(H,46,47)/t34-,37+,40+/m0/s1. The fourth-order valence-electron chi connectivity index (χ4n) is 6.34. The summed E-state index contributed by atoms with van der Waals surface area (Å²) < 4.78 is 15.4. The fraction of sp³-hybridized carbons (Fsp3) is 0.325. The molecule has 9 nitrogen and oxygen atoms in total. The molecule has 9 heteroatoms. The molecule has 0 radical (unpaired) electrons. The Bertz CT molecular complexity index is 1850. The number of carbonyl (C=O) groups is 2. The van der Waals surface area contributed by atoms with E-state index in [4.69, 9.17) is 14.6 Å². The topological polar surface area (TPSA) is 123 Å².